The summed E-state index contributed by atoms with van der Waals surface area (Å²) in [6.07, 6.45) is -3.46. The van der Waals surface area contributed by atoms with E-state index in [1.807, 2.05) is 11.0 Å². The Labute approximate surface area is 163 Å². The van der Waals surface area contributed by atoms with Crippen LogP contribution in [0.4, 0.5) is 24.7 Å². The number of carbonyl (C=O) groups excluding carboxylic acids is 1. The smallest absolute Gasteiger partial charge is 0.376 e. The summed E-state index contributed by atoms with van der Waals surface area (Å²) in [5.41, 5.74) is -2.31. The molecule has 11 heteroatoms. The van der Waals surface area contributed by atoms with Crippen LogP contribution in [0.2, 0.25) is 0 Å². The Morgan fingerprint density at radius 3 is 2.62 bits per heavy atom. The summed E-state index contributed by atoms with van der Waals surface area (Å²) >= 11 is 0. The van der Waals surface area contributed by atoms with E-state index in [1.54, 1.807) is 18.3 Å². The molecule has 2 aliphatic heterocycles. The molecule has 0 aliphatic carbocycles. The Bertz CT molecular complexity index is 973. The third kappa shape index (κ3) is 3.19. The van der Waals surface area contributed by atoms with Gasteiger partial charge in [0.1, 0.15) is 11.8 Å². The van der Waals surface area contributed by atoms with E-state index in [2.05, 4.69) is 20.5 Å². The van der Waals surface area contributed by atoms with Gasteiger partial charge in [-0.15, -0.1) is 0 Å². The maximum absolute atomic E-state index is 13.6. The van der Waals surface area contributed by atoms with Crippen molar-refractivity contribution in [1.82, 2.24) is 15.2 Å². The molecule has 0 saturated carbocycles. The molecule has 1 atom stereocenters. The zero-order valence-corrected chi connectivity index (χ0v) is 15.1. The Morgan fingerprint density at radius 2 is 2.03 bits per heavy atom. The van der Waals surface area contributed by atoms with Crippen LogP contribution >= 0.6 is 0 Å². The second-order valence-corrected chi connectivity index (χ2v) is 7.22. The van der Waals surface area contributed by atoms with E-state index in [0.717, 1.165) is 5.69 Å². The second-order valence-electron chi connectivity index (χ2n) is 7.22. The number of hydrogen-bond donors (Lipinski definition) is 3. The summed E-state index contributed by atoms with van der Waals surface area (Å²) in [5.74, 6) is -1.48. The number of halogens is 3. The summed E-state index contributed by atoms with van der Waals surface area (Å²) in [4.78, 5) is 17.7. The average Bonchev–Trinajstić information content (AvgIpc) is 3.12. The van der Waals surface area contributed by atoms with Crippen LogP contribution in [0.5, 0.6) is 0 Å². The van der Waals surface area contributed by atoms with Crippen LogP contribution < -0.4 is 10.2 Å². The first-order valence-corrected chi connectivity index (χ1v) is 9.02. The van der Waals surface area contributed by atoms with Crippen molar-refractivity contribution in [2.45, 2.75) is 37.0 Å². The molecule has 0 spiro atoms. The van der Waals surface area contributed by atoms with Crippen LogP contribution in [-0.2, 0) is 10.4 Å². The Hall–Kier alpha value is -3.13. The van der Waals surface area contributed by atoms with Gasteiger partial charge < -0.3 is 15.3 Å². The van der Waals surface area contributed by atoms with E-state index in [0.29, 0.717) is 31.6 Å². The number of fused-ring (bicyclic) bond motifs is 1. The molecule has 1 saturated heterocycles. The number of alkyl halides is 3. The van der Waals surface area contributed by atoms with Gasteiger partial charge in [-0.05, 0) is 25.0 Å². The van der Waals surface area contributed by atoms with Gasteiger partial charge in [-0.2, -0.15) is 23.5 Å². The molecular formula is C18H17F3N6O2. The van der Waals surface area contributed by atoms with E-state index < -0.39 is 24.1 Å². The number of nitriles is 1. The molecule has 3 N–H and O–H groups in total. The van der Waals surface area contributed by atoms with Gasteiger partial charge in [0, 0.05) is 24.7 Å². The summed E-state index contributed by atoms with van der Waals surface area (Å²) in [6, 6.07) is 5.34. The van der Waals surface area contributed by atoms with Crippen molar-refractivity contribution in [3.8, 4) is 6.07 Å². The maximum Gasteiger partial charge on any atom is 0.422 e. The van der Waals surface area contributed by atoms with E-state index in [9.17, 15) is 23.1 Å². The number of carbonyl (C=O) groups is 1. The fraction of sp³-hybridized carbons (Fsp3) is 0.444. The highest BCUT2D eigenvalue weighted by atomic mass is 19.4. The molecule has 8 nitrogen and oxygen atoms in total. The quantitative estimate of drug-likeness (QED) is 0.703. The molecule has 152 valence electrons. The topological polar surface area (TPSA) is 118 Å². The predicted octanol–water partition coefficient (Wildman–Crippen LogP) is 2.15. The van der Waals surface area contributed by atoms with E-state index >= 15 is 0 Å². The van der Waals surface area contributed by atoms with Crippen molar-refractivity contribution in [3.05, 3.63) is 35.3 Å². The first-order valence-electron chi connectivity index (χ1n) is 9.02. The highest BCUT2D eigenvalue weighted by Crippen LogP contribution is 2.49. The number of nitrogens with one attached hydrogen (secondary N) is 2. The van der Waals surface area contributed by atoms with Crippen molar-refractivity contribution < 1.29 is 23.1 Å². The van der Waals surface area contributed by atoms with Gasteiger partial charge in [0.05, 0.1) is 23.9 Å². The maximum atomic E-state index is 13.6. The van der Waals surface area contributed by atoms with Crippen molar-refractivity contribution in [1.29, 1.82) is 5.26 Å². The SMILES string of the molecule is N#Cc1ccc(N2CCC(c3[nH]nc4c3C(O)(C(F)(F)F)CC(=O)N4)CC2)cn1. The van der Waals surface area contributed by atoms with Gasteiger partial charge >= 0.3 is 6.18 Å². The molecule has 4 rings (SSSR count). The predicted molar refractivity (Wildman–Crippen MR) is 94.9 cm³/mol. The van der Waals surface area contributed by atoms with Crippen LogP contribution in [0.3, 0.4) is 0 Å². The Morgan fingerprint density at radius 1 is 1.31 bits per heavy atom. The number of piperidine rings is 1. The van der Waals surface area contributed by atoms with Crippen molar-refractivity contribution in [2.24, 2.45) is 0 Å². The van der Waals surface area contributed by atoms with Gasteiger partial charge in [0.15, 0.2) is 11.4 Å². The lowest BCUT2D eigenvalue weighted by molar-refractivity contribution is -0.267. The summed E-state index contributed by atoms with van der Waals surface area (Å²) in [7, 11) is 0. The first-order chi connectivity index (χ1) is 13.7. The van der Waals surface area contributed by atoms with Crippen molar-refractivity contribution in [2.75, 3.05) is 23.3 Å². The molecule has 0 radical (unpaired) electrons. The molecule has 1 amide bonds. The van der Waals surface area contributed by atoms with Gasteiger partial charge in [0.25, 0.3) is 0 Å². The number of aromatic nitrogens is 3. The number of anilines is 2. The third-order valence-corrected chi connectivity index (χ3v) is 5.48. The van der Waals surface area contributed by atoms with Crippen molar-refractivity contribution >= 4 is 17.4 Å². The van der Waals surface area contributed by atoms with Gasteiger partial charge in [-0.25, -0.2) is 4.98 Å². The number of rotatable bonds is 2. The lowest BCUT2D eigenvalue weighted by atomic mass is 9.81. The summed E-state index contributed by atoms with van der Waals surface area (Å²) < 4.78 is 40.9. The highest BCUT2D eigenvalue weighted by Gasteiger charge is 2.61. The van der Waals surface area contributed by atoms with E-state index in [-0.39, 0.29) is 23.0 Å². The molecule has 2 aliphatic rings. The fourth-order valence-corrected chi connectivity index (χ4v) is 3.96. The monoisotopic (exact) mass is 406 g/mol. The molecule has 1 fully saturated rings. The lowest BCUT2D eigenvalue weighted by Gasteiger charge is -2.37. The normalized spacial score (nSPS) is 22.7. The number of pyridine rings is 1. The fourth-order valence-electron chi connectivity index (χ4n) is 3.96. The molecule has 2 aromatic heterocycles. The Balaban J connectivity index is 1.57. The number of H-pyrrole nitrogens is 1. The number of aromatic amines is 1. The van der Waals surface area contributed by atoms with E-state index in [4.69, 9.17) is 5.26 Å². The minimum absolute atomic E-state index is 0.206. The summed E-state index contributed by atoms with van der Waals surface area (Å²) in [6.45, 7) is 1.12. The van der Waals surface area contributed by atoms with Crippen LogP contribution in [0.1, 0.15) is 42.1 Å². The molecule has 0 bridgehead atoms. The lowest BCUT2D eigenvalue weighted by Crippen LogP contribution is -2.48. The number of aliphatic hydroxyl groups is 1. The van der Waals surface area contributed by atoms with E-state index in [1.165, 1.54) is 0 Å². The third-order valence-electron chi connectivity index (χ3n) is 5.48. The molecular weight excluding hydrogens is 389 g/mol. The second kappa shape index (κ2) is 6.73. The van der Waals surface area contributed by atoms with Crippen LogP contribution in [-0.4, -0.2) is 45.5 Å². The Kier molecular flexibility index (Phi) is 4.46. The zero-order valence-electron chi connectivity index (χ0n) is 15.1. The van der Waals surface area contributed by atoms with Gasteiger partial charge in [0.2, 0.25) is 5.91 Å². The molecule has 0 aromatic carbocycles. The standard InChI is InChI=1S/C18H17F3N6O2/c19-18(20,21)17(29)7-13(28)24-16-14(17)15(25-26-16)10-3-5-27(6-4-10)12-2-1-11(8-22)23-9-12/h1-2,9-10,29H,3-7H2,(H2,24,25,26,28). The molecule has 1 unspecified atom stereocenters. The highest BCUT2D eigenvalue weighted by molar-refractivity contribution is 5.94. The van der Waals surface area contributed by atoms with Crippen molar-refractivity contribution in [3.63, 3.8) is 0 Å². The minimum atomic E-state index is -5.01. The van der Waals surface area contributed by atoms with Gasteiger partial charge in [-0.3, -0.25) is 9.89 Å². The van der Waals surface area contributed by atoms with Gasteiger partial charge in [-0.1, -0.05) is 0 Å². The largest absolute Gasteiger partial charge is 0.422 e. The number of hydrogen-bond acceptors (Lipinski definition) is 6. The zero-order chi connectivity index (χ0) is 20.8. The number of amides is 1. The van der Waals surface area contributed by atoms with Crippen LogP contribution in [0.15, 0.2) is 18.3 Å². The number of nitrogens with zero attached hydrogens (tertiary/aromatic N) is 4. The van der Waals surface area contributed by atoms with Crippen LogP contribution in [0.25, 0.3) is 0 Å². The first kappa shape index (κ1) is 19.2. The molecule has 2 aromatic rings. The minimum Gasteiger partial charge on any atom is -0.376 e. The average molecular weight is 406 g/mol. The molecule has 4 heterocycles. The molecule has 29 heavy (non-hydrogen) atoms. The summed E-state index contributed by atoms with van der Waals surface area (Å²) in [5, 5.41) is 28.0. The van der Waals surface area contributed by atoms with Crippen LogP contribution in [0, 0.1) is 11.3 Å².